The molecule has 3 rings (SSSR count). The topological polar surface area (TPSA) is 25.2 Å². The normalized spacial score (nSPS) is 11.1. The summed E-state index contributed by atoms with van der Waals surface area (Å²) in [6.45, 7) is 6.51. The Morgan fingerprint density at radius 1 is 1.00 bits per heavy atom. The Balaban J connectivity index is 1.73. The Morgan fingerprint density at radius 3 is 2.52 bits per heavy atom. The van der Waals surface area contributed by atoms with E-state index in [0.29, 0.717) is 6.54 Å². The first kappa shape index (κ1) is 20.7. The lowest BCUT2D eigenvalue weighted by Crippen LogP contribution is -2.31. The largest absolute Gasteiger partial charge is 0.345 e. The molecule has 0 spiro atoms. The summed E-state index contributed by atoms with van der Waals surface area (Å²) >= 11 is 0. The summed E-state index contributed by atoms with van der Waals surface area (Å²) in [6, 6.07) is 22.6. The Morgan fingerprint density at radius 2 is 1.76 bits per heavy atom. The lowest BCUT2D eigenvalue weighted by Gasteiger charge is -2.22. The molecule has 0 fully saturated rings. The molecule has 0 saturated carbocycles. The Labute approximate surface area is 174 Å². The highest BCUT2D eigenvalue weighted by Gasteiger charge is 2.13. The van der Waals surface area contributed by atoms with Crippen molar-refractivity contribution in [3.8, 4) is 0 Å². The number of rotatable bonds is 9. The van der Waals surface area contributed by atoms with E-state index >= 15 is 0 Å². The van der Waals surface area contributed by atoms with Crippen molar-refractivity contribution < 1.29 is 4.79 Å². The number of aromatic nitrogens is 1. The van der Waals surface area contributed by atoms with Gasteiger partial charge in [-0.1, -0.05) is 67.9 Å². The average molecular weight is 387 g/mol. The number of unbranched alkanes of at least 4 members (excludes halogenated alkanes) is 1. The van der Waals surface area contributed by atoms with E-state index in [1.807, 2.05) is 41.3 Å². The van der Waals surface area contributed by atoms with E-state index in [1.54, 1.807) is 6.08 Å². The number of hydrogen-bond donors (Lipinski definition) is 0. The van der Waals surface area contributed by atoms with Crippen molar-refractivity contribution >= 4 is 12.0 Å². The molecule has 1 amide bonds. The van der Waals surface area contributed by atoms with Crippen LogP contribution in [-0.4, -0.2) is 21.9 Å². The quantitative estimate of drug-likeness (QED) is 0.434. The van der Waals surface area contributed by atoms with Gasteiger partial charge < -0.3 is 9.47 Å². The van der Waals surface area contributed by atoms with Gasteiger partial charge in [-0.25, -0.2) is 0 Å². The van der Waals surface area contributed by atoms with Crippen LogP contribution in [0.1, 0.15) is 42.1 Å². The van der Waals surface area contributed by atoms with Crippen LogP contribution < -0.4 is 0 Å². The van der Waals surface area contributed by atoms with Gasteiger partial charge in [-0.2, -0.15) is 0 Å². The van der Waals surface area contributed by atoms with Crippen LogP contribution in [0.5, 0.6) is 0 Å². The van der Waals surface area contributed by atoms with Gasteiger partial charge in [0.25, 0.3) is 0 Å². The molecular formula is C26H30N2O. The molecule has 3 aromatic rings. The molecule has 3 heteroatoms. The number of carbonyl (C=O) groups excluding carboxylic acids is 1. The van der Waals surface area contributed by atoms with E-state index in [1.165, 1.54) is 11.1 Å². The number of aryl methyl sites for hydroxylation is 1. The molecule has 0 aliphatic carbocycles. The Kier molecular flexibility index (Phi) is 7.46. The molecule has 0 N–H and O–H groups in total. The van der Waals surface area contributed by atoms with E-state index in [9.17, 15) is 4.79 Å². The molecule has 2 aromatic carbocycles. The maximum atomic E-state index is 12.9. The first-order valence-corrected chi connectivity index (χ1v) is 10.4. The van der Waals surface area contributed by atoms with Crippen LogP contribution in [-0.2, 0) is 17.9 Å². The molecule has 1 aromatic heterocycles. The van der Waals surface area contributed by atoms with Gasteiger partial charge in [-0.05, 0) is 48.2 Å². The van der Waals surface area contributed by atoms with E-state index in [0.717, 1.165) is 37.2 Å². The highest BCUT2D eigenvalue weighted by molar-refractivity contribution is 5.91. The molecule has 0 atom stereocenters. The maximum Gasteiger partial charge on any atom is 0.246 e. The third-order valence-corrected chi connectivity index (χ3v) is 5.19. The third kappa shape index (κ3) is 5.95. The zero-order valence-corrected chi connectivity index (χ0v) is 17.4. The summed E-state index contributed by atoms with van der Waals surface area (Å²) in [5.41, 5.74) is 4.79. The van der Waals surface area contributed by atoms with Crippen molar-refractivity contribution in [1.29, 1.82) is 0 Å². The minimum absolute atomic E-state index is 0.0611. The summed E-state index contributed by atoms with van der Waals surface area (Å²) in [5, 5.41) is 0. The highest BCUT2D eigenvalue weighted by Crippen LogP contribution is 2.14. The number of carbonyl (C=O) groups is 1. The van der Waals surface area contributed by atoms with E-state index in [-0.39, 0.29) is 5.91 Å². The minimum atomic E-state index is 0.0611. The number of amides is 1. The van der Waals surface area contributed by atoms with Gasteiger partial charge in [-0.15, -0.1) is 0 Å². The van der Waals surface area contributed by atoms with Crippen LogP contribution >= 0.6 is 0 Å². The first-order chi connectivity index (χ1) is 14.2. The van der Waals surface area contributed by atoms with E-state index < -0.39 is 0 Å². The van der Waals surface area contributed by atoms with Gasteiger partial charge in [-0.3, -0.25) is 4.79 Å². The molecule has 3 nitrogen and oxygen atoms in total. The van der Waals surface area contributed by atoms with Crippen LogP contribution in [0, 0.1) is 6.92 Å². The van der Waals surface area contributed by atoms with Gasteiger partial charge in [0.05, 0.1) is 6.54 Å². The van der Waals surface area contributed by atoms with Crippen LogP contribution in [0.3, 0.4) is 0 Å². The number of hydrogen-bond acceptors (Lipinski definition) is 1. The second kappa shape index (κ2) is 10.5. The standard InChI is InChI=1S/C26H30N2O/c1-3-4-18-28(26(29)17-16-23-12-6-5-7-13-23)21-25-15-10-19-27(25)20-24-14-9-8-11-22(24)2/h5-17,19H,3-4,18,20-21H2,1-2H3/b17-16+. The van der Waals surface area contributed by atoms with Crippen molar-refractivity contribution in [3.63, 3.8) is 0 Å². The molecular weight excluding hydrogens is 356 g/mol. The molecule has 0 saturated heterocycles. The fraction of sp³-hybridized carbons (Fsp3) is 0.269. The maximum absolute atomic E-state index is 12.9. The third-order valence-electron chi connectivity index (χ3n) is 5.19. The molecule has 0 aliphatic heterocycles. The van der Waals surface area contributed by atoms with Gasteiger partial charge in [0.2, 0.25) is 5.91 Å². The van der Waals surface area contributed by atoms with Gasteiger partial charge >= 0.3 is 0 Å². The molecule has 0 radical (unpaired) electrons. The zero-order valence-electron chi connectivity index (χ0n) is 17.4. The van der Waals surface area contributed by atoms with Crippen molar-refractivity contribution in [2.24, 2.45) is 0 Å². The number of benzene rings is 2. The van der Waals surface area contributed by atoms with Crippen molar-refractivity contribution in [2.75, 3.05) is 6.54 Å². The fourth-order valence-corrected chi connectivity index (χ4v) is 3.37. The lowest BCUT2D eigenvalue weighted by atomic mass is 10.1. The highest BCUT2D eigenvalue weighted by atomic mass is 16.2. The van der Waals surface area contributed by atoms with Crippen molar-refractivity contribution in [1.82, 2.24) is 9.47 Å². The monoisotopic (exact) mass is 386 g/mol. The second-order valence-corrected chi connectivity index (χ2v) is 7.41. The smallest absolute Gasteiger partial charge is 0.246 e. The number of nitrogens with zero attached hydrogens (tertiary/aromatic N) is 2. The molecule has 1 heterocycles. The van der Waals surface area contributed by atoms with Crippen molar-refractivity contribution in [2.45, 2.75) is 39.8 Å². The Bertz CT molecular complexity index is 940. The summed E-state index contributed by atoms with van der Waals surface area (Å²) in [5.74, 6) is 0.0611. The molecule has 150 valence electrons. The predicted molar refractivity (Wildman–Crippen MR) is 121 cm³/mol. The van der Waals surface area contributed by atoms with Crippen LogP contribution in [0.2, 0.25) is 0 Å². The summed E-state index contributed by atoms with van der Waals surface area (Å²) in [7, 11) is 0. The molecule has 0 bridgehead atoms. The zero-order chi connectivity index (χ0) is 20.5. The van der Waals surface area contributed by atoms with E-state index in [2.05, 4.69) is 61.0 Å². The van der Waals surface area contributed by atoms with Gasteiger partial charge in [0, 0.05) is 31.1 Å². The molecule has 0 aliphatic rings. The van der Waals surface area contributed by atoms with Crippen LogP contribution in [0.15, 0.2) is 79.0 Å². The Hall–Kier alpha value is -3.07. The minimum Gasteiger partial charge on any atom is -0.345 e. The van der Waals surface area contributed by atoms with Crippen LogP contribution in [0.4, 0.5) is 0 Å². The fourth-order valence-electron chi connectivity index (χ4n) is 3.37. The summed E-state index contributed by atoms with van der Waals surface area (Å²) in [6.07, 6.45) is 7.76. The lowest BCUT2D eigenvalue weighted by molar-refractivity contribution is -0.126. The van der Waals surface area contributed by atoms with Gasteiger partial charge in [0.15, 0.2) is 0 Å². The summed E-state index contributed by atoms with van der Waals surface area (Å²) < 4.78 is 2.25. The van der Waals surface area contributed by atoms with Crippen molar-refractivity contribution in [3.05, 3.63) is 101 Å². The summed E-state index contributed by atoms with van der Waals surface area (Å²) in [4.78, 5) is 14.9. The molecule has 0 unspecified atom stereocenters. The van der Waals surface area contributed by atoms with Gasteiger partial charge in [0.1, 0.15) is 0 Å². The van der Waals surface area contributed by atoms with E-state index in [4.69, 9.17) is 0 Å². The van der Waals surface area contributed by atoms with Crippen LogP contribution in [0.25, 0.3) is 6.08 Å². The predicted octanol–water partition coefficient (Wildman–Crippen LogP) is 5.69. The SMILES string of the molecule is CCCCN(Cc1cccn1Cc1ccccc1C)C(=O)/C=C/c1ccccc1. The average Bonchev–Trinajstić information content (AvgIpc) is 3.18. The second-order valence-electron chi connectivity index (χ2n) is 7.41. The first-order valence-electron chi connectivity index (χ1n) is 10.4. The molecule has 29 heavy (non-hydrogen) atoms.